The number of oxazole rings is 1. The SMILES string of the molecule is Cc1ccccc1-c1coc[n+]1C. The zero-order valence-corrected chi connectivity index (χ0v) is 7.82. The molecule has 0 fully saturated rings. The molecule has 0 atom stereocenters. The largest absolute Gasteiger partial charge is 0.412 e. The Bertz CT molecular complexity index is 418. The second kappa shape index (κ2) is 3.05. The number of hydrogen-bond acceptors (Lipinski definition) is 1. The number of benzene rings is 1. The first-order valence-electron chi connectivity index (χ1n) is 4.27. The van der Waals surface area contributed by atoms with Crippen LogP contribution in [0.2, 0.25) is 0 Å². The summed E-state index contributed by atoms with van der Waals surface area (Å²) >= 11 is 0. The van der Waals surface area contributed by atoms with E-state index < -0.39 is 0 Å². The van der Waals surface area contributed by atoms with Crippen LogP contribution in [0.15, 0.2) is 41.3 Å². The van der Waals surface area contributed by atoms with Gasteiger partial charge in [0, 0.05) is 0 Å². The molecule has 0 radical (unpaired) electrons. The summed E-state index contributed by atoms with van der Waals surface area (Å²) in [4.78, 5) is 0. The molecule has 0 saturated heterocycles. The normalized spacial score (nSPS) is 10.3. The molecule has 0 bridgehead atoms. The Kier molecular flexibility index (Phi) is 1.89. The van der Waals surface area contributed by atoms with E-state index in [4.69, 9.17) is 4.42 Å². The van der Waals surface area contributed by atoms with Gasteiger partial charge in [0.15, 0.2) is 6.26 Å². The van der Waals surface area contributed by atoms with Crippen molar-refractivity contribution in [3.8, 4) is 11.3 Å². The number of hydrogen-bond donors (Lipinski definition) is 0. The van der Waals surface area contributed by atoms with Crippen molar-refractivity contribution in [3.63, 3.8) is 0 Å². The van der Waals surface area contributed by atoms with Gasteiger partial charge in [-0.3, -0.25) is 0 Å². The van der Waals surface area contributed by atoms with Crippen LogP contribution in [-0.2, 0) is 7.05 Å². The first-order valence-corrected chi connectivity index (χ1v) is 4.27. The van der Waals surface area contributed by atoms with Crippen molar-refractivity contribution in [3.05, 3.63) is 42.5 Å². The molecule has 1 aromatic carbocycles. The van der Waals surface area contributed by atoms with E-state index in [0.29, 0.717) is 0 Å². The molecule has 0 amide bonds. The van der Waals surface area contributed by atoms with Crippen LogP contribution >= 0.6 is 0 Å². The van der Waals surface area contributed by atoms with Crippen LogP contribution in [0.4, 0.5) is 0 Å². The van der Waals surface area contributed by atoms with Crippen LogP contribution in [0.3, 0.4) is 0 Å². The minimum atomic E-state index is 1.11. The number of nitrogens with zero attached hydrogens (tertiary/aromatic N) is 1. The topological polar surface area (TPSA) is 17.0 Å². The average molecular weight is 174 g/mol. The molecule has 1 heterocycles. The Labute approximate surface area is 77.4 Å². The summed E-state index contributed by atoms with van der Waals surface area (Å²) < 4.78 is 7.09. The highest BCUT2D eigenvalue weighted by atomic mass is 16.3. The fourth-order valence-electron chi connectivity index (χ4n) is 1.44. The molecule has 1 aromatic heterocycles. The summed E-state index contributed by atoms with van der Waals surface area (Å²) in [5.74, 6) is 0. The zero-order valence-electron chi connectivity index (χ0n) is 7.82. The Balaban J connectivity index is 2.59. The van der Waals surface area contributed by atoms with Crippen LogP contribution in [0.25, 0.3) is 11.3 Å². The Morgan fingerprint density at radius 3 is 2.62 bits per heavy atom. The summed E-state index contributed by atoms with van der Waals surface area (Å²) in [5.41, 5.74) is 3.59. The van der Waals surface area contributed by atoms with Gasteiger partial charge < -0.3 is 4.42 Å². The third-order valence-electron chi connectivity index (χ3n) is 2.20. The van der Waals surface area contributed by atoms with Crippen molar-refractivity contribution < 1.29 is 8.98 Å². The lowest BCUT2D eigenvalue weighted by Crippen LogP contribution is -2.27. The van der Waals surface area contributed by atoms with Gasteiger partial charge >= 0.3 is 6.39 Å². The lowest BCUT2D eigenvalue weighted by Gasteiger charge is -1.97. The number of aromatic nitrogens is 1. The number of aryl methyl sites for hydroxylation is 2. The highest BCUT2D eigenvalue weighted by molar-refractivity contribution is 5.59. The molecule has 2 heteroatoms. The summed E-state index contributed by atoms with van der Waals surface area (Å²) in [7, 11) is 1.98. The first-order chi connectivity index (χ1) is 6.29. The molecule has 0 unspecified atom stereocenters. The predicted octanol–water partition coefficient (Wildman–Crippen LogP) is 2.08. The molecule has 2 nitrogen and oxygen atoms in total. The van der Waals surface area contributed by atoms with Gasteiger partial charge in [0.1, 0.15) is 7.05 Å². The molecule has 0 aliphatic heterocycles. The van der Waals surface area contributed by atoms with E-state index in [1.165, 1.54) is 11.1 Å². The number of rotatable bonds is 1. The molecular formula is C11H12NO+. The molecule has 13 heavy (non-hydrogen) atoms. The molecular weight excluding hydrogens is 162 g/mol. The van der Waals surface area contributed by atoms with Crippen LogP contribution in [-0.4, -0.2) is 0 Å². The lowest BCUT2D eigenvalue weighted by molar-refractivity contribution is -0.664. The summed E-state index contributed by atoms with van der Waals surface area (Å²) in [5, 5.41) is 0. The van der Waals surface area contributed by atoms with Crippen molar-refractivity contribution >= 4 is 0 Å². The molecule has 66 valence electrons. The molecule has 0 N–H and O–H groups in total. The van der Waals surface area contributed by atoms with Crippen molar-refractivity contribution in [2.45, 2.75) is 6.92 Å². The van der Waals surface area contributed by atoms with Crippen LogP contribution in [0.1, 0.15) is 5.56 Å². The highest BCUT2D eigenvalue weighted by Crippen LogP contribution is 2.19. The first kappa shape index (κ1) is 8.05. The van der Waals surface area contributed by atoms with Crippen molar-refractivity contribution in [2.24, 2.45) is 7.05 Å². The summed E-state index contributed by atoms with van der Waals surface area (Å²) in [6, 6.07) is 8.27. The van der Waals surface area contributed by atoms with Crippen molar-refractivity contribution in [2.75, 3.05) is 0 Å². The van der Waals surface area contributed by atoms with Crippen molar-refractivity contribution in [1.82, 2.24) is 0 Å². The minimum absolute atomic E-state index is 1.11. The van der Waals surface area contributed by atoms with E-state index in [2.05, 4.69) is 19.1 Å². The van der Waals surface area contributed by atoms with E-state index in [1.54, 1.807) is 12.7 Å². The third-order valence-corrected chi connectivity index (χ3v) is 2.20. The lowest BCUT2D eigenvalue weighted by atomic mass is 10.1. The van der Waals surface area contributed by atoms with Crippen LogP contribution in [0.5, 0.6) is 0 Å². The Hall–Kier alpha value is -1.57. The highest BCUT2D eigenvalue weighted by Gasteiger charge is 2.12. The molecule has 2 aromatic rings. The quantitative estimate of drug-likeness (QED) is 0.605. The van der Waals surface area contributed by atoms with E-state index >= 15 is 0 Å². The van der Waals surface area contributed by atoms with Crippen LogP contribution in [0, 0.1) is 6.92 Å². The summed E-state index contributed by atoms with van der Waals surface area (Å²) in [6.07, 6.45) is 3.46. The maximum Gasteiger partial charge on any atom is 0.334 e. The second-order valence-electron chi connectivity index (χ2n) is 3.17. The van der Waals surface area contributed by atoms with Gasteiger partial charge in [-0.05, 0) is 18.6 Å². The molecule has 0 saturated carbocycles. The average Bonchev–Trinajstić information content (AvgIpc) is 2.52. The van der Waals surface area contributed by atoms with E-state index in [1.807, 2.05) is 23.7 Å². The second-order valence-corrected chi connectivity index (χ2v) is 3.17. The van der Waals surface area contributed by atoms with Gasteiger partial charge in [-0.2, -0.15) is 4.57 Å². The van der Waals surface area contributed by atoms with Gasteiger partial charge in [0.2, 0.25) is 0 Å². The van der Waals surface area contributed by atoms with E-state index in [0.717, 1.165) is 5.69 Å². The zero-order chi connectivity index (χ0) is 9.26. The monoisotopic (exact) mass is 174 g/mol. The standard InChI is InChI=1S/C11H12NO/c1-9-5-3-4-6-10(9)11-7-13-8-12(11)2/h3-8H,1-2H3/q+1. The minimum Gasteiger partial charge on any atom is -0.412 e. The van der Waals surface area contributed by atoms with E-state index in [9.17, 15) is 0 Å². The summed E-state index contributed by atoms with van der Waals surface area (Å²) in [6.45, 7) is 2.10. The maximum atomic E-state index is 5.12. The van der Waals surface area contributed by atoms with Gasteiger partial charge in [0.05, 0.1) is 5.56 Å². The van der Waals surface area contributed by atoms with Gasteiger partial charge in [-0.1, -0.05) is 18.2 Å². The molecule has 0 aliphatic rings. The molecule has 0 spiro atoms. The fraction of sp³-hybridized carbons (Fsp3) is 0.182. The fourth-order valence-corrected chi connectivity index (χ4v) is 1.44. The van der Waals surface area contributed by atoms with Crippen molar-refractivity contribution in [1.29, 1.82) is 0 Å². The van der Waals surface area contributed by atoms with Crippen LogP contribution < -0.4 is 4.57 Å². The smallest absolute Gasteiger partial charge is 0.334 e. The van der Waals surface area contributed by atoms with Gasteiger partial charge in [-0.25, -0.2) is 0 Å². The van der Waals surface area contributed by atoms with Gasteiger partial charge in [-0.15, -0.1) is 0 Å². The predicted molar refractivity (Wildman–Crippen MR) is 50.1 cm³/mol. The molecule has 0 aliphatic carbocycles. The molecule has 2 rings (SSSR count). The Morgan fingerprint density at radius 1 is 1.23 bits per heavy atom. The van der Waals surface area contributed by atoms with E-state index in [-0.39, 0.29) is 0 Å². The third kappa shape index (κ3) is 1.35. The maximum absolute atomic E-state index is 5.12. The Morgan fingerprint density at radius 2 is 2.00 bits per heavy atom. The van der Waals surface area contributed by atoms with Gasteiger partial charge in [0.25, 0.3) is 5.69 Å².